The molecule has 1 aromatic heterocycles. The van der Waals surface area contributed by atoms with Gasteiger partial charge < -0.3 is 4.74 Å². The van der Waals surface area contributed by atoms with Gasteiger partial charge in [-0.1, -0.05) is 0 Å². The first-order chi connectivity index (χ1) is 9.31. The molecule has 0 bridgehead atoms. The Kier molecular flexibility index (Phi) is 2.45. The molecule has 96 valence electrons. The second-order valence-electron chi connectivity index (χ2n) is 4.99. The van der Waals surface area contributed by atoms with Gasteiger partial charge in [-0.25, -0.2) is 4.98 Å². The number of hydrogen-bond acceptors (Lipinski definition) is 4. The molecule has 4 rings (SSSR count). The van der Waals surface area contributed by atoms with Gasteiger partial charge in [-0.05, 0) is 36.6 Å². The average Bonchev–Trinajstić information content (AvgIpc) is 3.04. The second-order valence-corrected chi connectivity index (χ2v) is 6.07. The van der Waals surface area contributed by atoms with Crippen molar-refractivity contribution in [2.45, 2.75) is 25.7 Å². The lowest BCUT2D eigenvalue weighted by molar-refractivity contribution is 0.0968. The van der Waals surface area contributed by atoms with Gasteiger partial charge in [0.15, 0.2) is 5.78 Å². The Morgan fingerprint density at radius 1 is 1.21 bits per heavy atom. The summed E-state index contributed by atoms with van der Waals surface area (Å²) in [5.41, 5.74) is 3.07. The number of benzene rings is 1. The Labute approximate surface area is 115 Å². The van der Waals surface area contributed by atoms with E-state index in [0.29, 0.717) is 12.1 Å². The number of Topliss-reactive ketones (excluding diaryl/α,β-unsaturated/α-hetero) is 1. The van der Waals surface area contributed by atoms with E-state index in [1.165, 1.54) is 5.56 Å². The largest absolute Gasteiger partial charge is 0.493 e. The topological polar surface area (TPSA) is 39.2 Å². The van der Waals surface area contributed by atoms with Crippen LogP contribution in [0, 0.1) is 0 Å². The van der Waals surface area contributed by atoms with Crippen molar-refractivity contribution in [1.82, 2.24) is 4.98 Å². The van der Waals surface area contributed by atoms with Crippen molar-refractivity contribution in [2.24, 2.45) is 0 Å². The highest BCUT2D eigenvalue weighted by Crippen LogP contribution is 2.35. The summed E-state index contributed by atoms with van der Waals surface area (Å²) in [5.74, 6) is 1.19. The summed E-state index contributed by atoms with van der Waals surface area (Å²) < 4.78 is 5.52. The summed E-state index contributed by atoms with van der Waals surface area (Å²) >= 11 is 1.66. The molecule has 3 nitrogen and oxygen atoms in total. The van der Waals surface area contributed by atoms with Gasteiger partial charge in [-0.3, -0.25) is 4.79 Å². The standard InChI is InChI=1S/C15H13NO2S/c17-11-2-1-3-13-14(11)16-15(19-13)10-4-5-12-9(8-10)6-7-18-12/h4-5,8H,1-3,6-7H2. The van der Waals surface area contributed by atoms with Crippen molar-refractivity contribution < 1.29 is 9.53 Å². The van der Waals surface area contributed by atoms with Crippen LogP contribution in [0.2, 0.25) is 0 Å². The SMILES string of the molecule is O=C1CCCc2sc(-c3ccc4c(c3)CCO4)nc21. The molecule has 0 atom stereocenters. The second kappa shape index (κ2) is 4.17. The molecule has 0 fully saturated rings. The molecule has 2 aliphatic rings. The molecule has 0 unspecified atom stereocenters. The number of fused-ring (bicyclic) bond motifs is 2. The van der Waals surface area contributed by atoms with Crippen LogP contribution in [0.25, 0.3) is 10.6 Å². The zero-order valence-electron chi connectivity index (χ0n) is 10.4. The molecule has 1 aromatic carbocycles. The summed E-state index contributed by atoms with van der Waals surface area (Å²) in [5, 5.41) is 0.968. The molecule has 0 radical (unpaired) electrons. The third-order valence-electron chi connectivity index (χ3n) is 3.71. The number of carbonyl (C=O) groups is 1. The minimum absolute atomic E-state index is 0.202. The van der Waals surface area contributed by atoms with E-state index in [0.717, 1.165) is 47.1 Å². The molecule has 2 aromatic rings. The lowest BCUT2D eigenvalue weighted by atomic mass is 10.0. The van der Waals surface area contributed by atoms with Gasteiger partial charge in [0.2, 0.25) is 0 Å². The van der Waals surface area contributed by atoms with Gasteiger partial charge in [-0.15, -0.1) is 11.3 Å². The van der Waals surface area contributed by atoms with E-state index in [1.807, 2.05) is 12.1 Å². The molecule has 4 heteroatoms. The minimum atomic E-state index is 0.202. The maximum Gasteiger partial charge on any atom is 0.182 e. The van der Waals surface area contributed by atoms with Crippen molar-refractivity contribution in [3.05, 3.63) is 34.3 Å². The molecule has 2 heterocycles. The first-order valence-electron chi connectivity index (χ1n) is 6.60. The summed E-state index contributed by atoms with van der Waals surface area (Å²) in [7, 11) is 0. The van der Waals surface area contributed by atoms with Gasteiger partial charge in [0, 0.05) is 23.3 Å². The number of ether oxygens (including phenoxy) is 1. The lowest BCUT2D eigenvalue weighted by Crippen LogP contribution is -2.08. The number of aromatic nitrogens is 1. The molecular formula is C15H13NO2S. The fourth-order valence-corrected chi connectivity index (χ4v) is 3.83. The number of aryl methyl sites for hydroxylation is 1. The van der Waals surface area contributed by atoms with Gasteiger partial charge in [-0.2, -0.15) is 0 Å². The summed E-state index contributed by atoms with van der Waals surface area (Å²) in [6.45, 7) is 0.769. The van der Waals surface area contributed by atoms with E-state index in [9.17, 15) is 4.79 Å². The van der Waals surface area contributed by atoms with Gasteiger partial charge >= 0.3 is 0 Å². The van der Waals surface area contributed by atoms with Crippen molar-refractivity contribution in [3.63, 3.8) is 0 Å². The monoisotopic (exact) mass is 271 g/mol. The van der Waals surface area contributed by atoms with Crippen molar-refractivity contribution in [1.29, 1.82) is 0 Å². The molecular weight excluding hydrogens is 258 g/mol. The van der Waals surface area contributed by atoms with E-state index in [2.05, 4.69) is 11.1 Å². The van der Waals surface area contributed by atoms with Crippen LogP contribution >= 0.6 is 11.3 Å². The summed E-state index contributed by atoms with van der Waals surface area (Å²) in [4.78, 5) is 17.6. The number of nitrogens with zero attached hydrogens (tertiary/aromatic N) is 1. The molecule has 0 spiro atoms. The van der Waals surface area contributed by atoms with Gasteiger partial charge in [0.05, 0.1) is 6.61 Å². The molecule has 1 aliphatic carbocycles. The van der Waals surface area contributed by atoms with Crippen LogP contribution in [-0.4, -0.2) is 17.4 Å². The minimum Gasteiger partial charge on any atom is -0.493 e. The smallest absolute Gasteiger partial charge is 0.182 e. The van der Waals surface area contributed by atoms with Crippen LogP contribution in [0.5, 0.6) is 5.75 Å². The first kappa shape index (κ1) is 11.2. The van der Waals surface area contributed by atoms with Crippen LogP contribution in [0.15, 0.2) is 18.2 Å². The Bertz CT molecular complexity index is 675. The molecule has 0 saturated carbocycles. The Morgan fingerprint density at radius 3 is 3.05 bits per heavy atom. The van der Waals surface area contributed by atoms with Crippen LogP contribution in [0.1, 0.15) is 33.8 Å². The maximum atomic E-state index is 11.8. The summed E-state index contributed by atoms with van der Waals surface area (Å²) in [6, 6.07) is 6.20. The van der Waals surface area contributed by atoms with Crippen molar-refractivity contribution >= 4 is 17.1 Å². The number of hydrogen-bond donors (Lipinski definition) is 0. The highest BCUT2D eigenvalue weighted by atomic mass is 32.1. The number of ketones is 1. The van der Waals surface area contributed by atoms with Crippen LogP contribution in [-0.2, 0) is 12.8 Å². The quantitative estimate of drug-likeness (QED) is 0.799. The fourth-order valence-electron chi connectivity index (χ4n) is 2.71. The van der Waals surface area contributed by atoms with Crippen molar-refractivity contribution in [3.8, 4) is 16.3 Å². The highest BCUT2D eigenvalue weighted by molar-refractivity contribution is 7.15. The Balaban J connectivity index is 1.78. The number of carbonyl (C=O) groups excluding carboxylic acids is 1. The predicted octanol–water partition coefficient (Wildman–Crippen LogP) is 3.26. The highest BCUT2D eigenvalue weighted by Gasteiger charge is 2.23. The Morgan fingerprint density at radius 2 is 2.16 bits per heavy atom. The zero-order valence-corrected chi connectivity index (χ0v) is 11.3. The Hall–Kier alpha value is -1.68. The first-order valence-corrected chi connectivity index (χ1v) is 7.42. The van der Waals surface area contributed by atoms with E-state index < -0.39 is 0 Å². The molecule has 1 aliphatic heterocycles. The normalized spacial score (nSPS) is 16.9. The van der Waals surface area contributed by atoms with E-state index >= 15 is 0 Å². The van der Waals surface area contributed by atoms with E-state index in [4.69, 9.17) is 4.74 Å². The van der Waals surface area contributed by atoms with E-state index in [1.54, 1.807) is 11.3 Å². The van der Waals surface area contributed by atoms with Crippen LogP contribution < -0.4 is 4.74 Å². The maximum absolute atomic E-state index is 11.8. The van der Waals surface area contributed by atoms with E-state index in [-0.39, 0.29) is 5.78 Å². The average molecular weight is 271 g/mol. The third-order valence-corrected chi connectivity index (χ3v) is 4.87. The zero-order chi connectivity index (χ0) is 12.8. The number of thiazole rings is 1. The molecule has 0 saturated heterocycles. The fraction of sp³-hybridized carbons (Fsp3) is 0.333. The number of rotatable bonds is 1. The van der Waals surface area contributed by atoms with Gasteiger partial charge in [0.1, 0.15) is 16.5 Å². The lowest BCUT2D eigenvalue weighted by Gasteiger charge is -2.06. The van der Waals surface area contributed by atoms with Crippen molar-refractivity contribution in [2.75, 3.05) is 6.61 Å². The third kappa shape index (κ3) is 1.78. The van der Waals surface area contributed by atoms with Crippen LogP contribution in [0.4, 0.5) is 0 Å². The molecule has 19 heavy (non-hydrogen) atoms. The van der Waals surface area contributed by atoms with Crippen LogP contribution in [0.3, 0.4) is 0 Å². The van der Waals surface area contributed by atoms with Gasteiger partial charge in [0.25, 0.3) is 0 Å². The summed E-state index contributed by atoms with van der Waals surface area (Å²) in [6.07, 6.45) is 3.57. The molecule has 0 amide bonds. The predicted molar refractivity (Wildman–Crippen MR) is 74.0 cm³/mol. The molecule has 0 N–H and O–H groups in total.